The number of carbonyl (C=O) groups is 5. The minimum absolute atomic E-state index is 0.00959. The first kappa shape index (κ1) is 45.1. The molecule has 14 heteroatoms. The van der Waals surface area contributed by atoms with Gasteiger partial charge in [0.2, 0.25) is 23.6 Å². The van der Waals surface area contributed by atoms with E-state index in [0.717, 1.165) is 57.4 Å². The molecule has 0 aromatic carbocycles. The summed E-state index contributed by atoms with van der Waals surface area (Å²) in [5.41, 5.74) is 0.958. The van der Waals surface area contributed by atoms with E-state index in [-0.39, 0.29) is 67.1 Å². The second kappa shape index (κ2) is 22.3. The van der Waals surface area contributed by atoms with Gasteiger partial charge >= 0.3 is 5.97 Å². The molecule has 2 fully saturated rings. The molecule has 54 heavy (non-hydrogen) atoms. The average molecular weight is 761 g/mol. The molecule has 3 rings (SSSR count). The molecule has 2 heterocycles. The number of likely N-dealkylation sites (tertiary alicyclic amines) is 1. The van der Waals surface area contributed by atoms with Crippen LogP contribution in [0.5, 0.6) is 0 Å². The fourth-order valence-electron chi connectivity index (χ4n) is 8.30. The zero-order chi connectivity index (χ0) is 39.9. The predicted molar refractivity (Wildman–Crippen MR) is 207 cm³/mol. The van der Waals surface area contributed by atoms with Crippen LogP contribution in [0.15, 0.2) is 23.8 Å². The summed E-state index contributed by atoms with van der Waals surface area (Å²) >= 11 is 0. The van der Waals surface area contributed by atoms with Crippen LogP contribution in [0.25, 0.3) is 0 Å². The summed E-state index contributed by atoms with van der Waals surface area (Å²) in [5.74, 6) is -3.23. The minimum atomic E-state index is -0.968. The fourth-order valence-corrected chi connectivity index (χ4v) is 8.30. The van der Waals surface area contributed by atoms with Crippen LogP contribution in [0, 0.1) is 23.7 Å². The van der Waals surface area contributed by atoms with Crippen LogP contribution in [0.2, 0.25) is 0 Å². The van der Waals surface area contributed by atoms with Crippen LogP contribution in [0.4, 0.5) is 0 Å². The summed E-state index contributed by atoms with van der Waals surface area (Å²) in [6.07, 6.45) is 9.09. The monoisotopic (exact) mass is 761 g/mol. The van der Waals surface area contributed by atoms with Gasteiger partial charge in [-0.2, -0.15) is 0 Å². The maximum atomic E-state index is 14.1. The molecule has 14 nitrogen and oxygen atoms in total. The normalized spacial score (nSPS) is 21.7. The third-order valence-electron chi connectivity index (χ3n) is 11.6. The Hall–Kier alpha value is -3.33. The van der Waals surface area contributed by atoms with Crippen molar-refractivity contribution in [3.63, 3.8) is 0 Å². The van der Waals surface area contributed by atoms with Gasteiger partial charge in [0.05, 0.1) is 55.1 Å². The number of rotatable bonds is 21. The molecule has 0 aromatic heterocycles. The van der Waals surface area contributed by atoms with E-state index in [0.29, 0.717) is 19.4 Å². The van der Waals surface area contributed by atoms with E-state index in [1.165, 1.54) is 7.11 Å². The minimum Gasteiger partial charge on any atom is -0.481 e. The number of nitrogens with zero attached hydrogens (tertiary/aromatic N) is 3. The van der Waals surface area contributed by atoms with E-state index < -0.39 is 36.1 Å². The summed E-state index contributed by atoms with van der Waals surface area (Å²) in [5, 5.41) is 18.9. The Morgan fingerprint density at radius 3 is 2.28 bits per heavy atom. The van der Waals surface area contributed by atoms with Crippen molar-refractivity contribution in [2.45, 2.75) is 110 Å². The van der Waals surface area contributed by atoms with Crippen molar-refractivity contribution in [1.82, 2.24) is 30.7 Å². The lowest BCUT2D eigenvalue weighted by molar-refractivity contribution is -0.146. The smallest absolute Gasteiger partial charge is 0.308 e. The number of carboxylic acids is 1. The molecule has 0 radical (unpaired) electrons. The zero-order valence-electron chi connectivity index (χ0n) is 34.0. The standard InChI is InChI=1S/C40H68N6O8/c1-9-27(4)36(44(6)34(48)25-43-39(50)35(26(2)3)45-20-17-41-18-21-45)32(53-7)23-33(47)46-19-13-16-31(46)37(54-8)28(5)38(49)42-24-30(40(51)52)22-29-14-11-10-12-15-29/h11,14-15,26-28,30-32,35-37,41H,9-10,12-13,16-25H2,1-8H3,(H,42,49)(H,43,50)(H,51,52)/t27-,28+,30?,31-,32?,35-,36-,37+/m0/s1. The highest BCUT2D eigenvalue weighted by atomic mass is 16.5. The molecule has 0 bridgehead atoms. The Balaban J connectivity index is 1.65. The van der Waals surface area contributed by atoms with Crippen LogP contribution in [0.3, 0.4) is 0 Å². The van der Waals surface area contributed by atoms with Gasteiger partial charge in [-0.25, -0.2) is 0 Å². The third kappa shape index (κ3) is 12.3. The number of hydrogen-bond donors (Lipinski definition) is 4. The molecular weight excluding hydrogens is 692 g/mol. The molecule has 0 spiro atoms. The van der Waals surface area contributed by atoms with Crippen LogP contribution < -0.4 is 16.0 Å². The van der Waals surface area contributed by atoms with Gasteiger partial charge in [0.15, 0.2) is 0 Å². The molecule has 2 aliphatic heterocycles. The van der Waals surface area contributed by atoms with Crippen LogP contribution >= 0.6 is 0 Å². The van der Waals surface area contributed by atoms with Crippen molar-refractivity contribution in [1.29, 1.82) is 0 Å². The topological polar surface area (TPSA) is 170 Å². The molecule has 0 saturated carbocycles. The SMILES string of the molecule is CC[C@H](C)[C@@H](C(CC(=O)N1CCC[C@H]1[C@H](OC)[C@@H](C)C(=O)NCC(CC1=CCCC=C1)C(=O)O)OC)N(C)C(=O)CNC(=O)[C@H](C(C)C)N1CCNCC1. The average Bonchev–Trinajstić information content (AvgIpc) is 3.65. The molecule has 2 unspecified atom stereocenters. The summed E-state index contributed by atoms with van der Waals surface area (Å²) in [6, 6.07) is -1.13. The van der Waals surface area contributed by atoms with E-state index in [9.17, 15) is 29.1 Å². The molecule has 3 aliphatic rings. The molecule has 0 aromatic rings. The van der Waals surface area contributed by atoms with Gasteiger partial charge < -0.3 is 40.3 Å². The Labute approximate surface area is 322 Å². The van der Waals surface area contributed by atoms with Gasteiger partial charge in [-0.1, -0.05) is 64.8 Å². The molecule has 4 amide bonds. The Bertz CT molecular complexity index is 1320. The van der Waals surface area contributed by atoms with Crippen LogP contribution in [-0.2, 0) is 33.4 Å². The largest absolute Gasteiger partial charge is 0.481 e. The van der Waals surface area contributed by atoms with Crippen molar-refractivity contribution in [3.05, 3.63) is 23.8 Å². The third-order valence-corrected chi connectivity index (χ3v) is 11.6. The van der Waals surface area contributed by atoms with Gasteiger partial charge in [0.1, 0.15) is 0 Å². The molecule has 1 aliphatic carbocycles. The Kier molecular flexibility index (Phi) is 18.6. The van der Waals surface area contributed by atoms with Gasteiger partial charge in [-0.15, -0.1) is 0 Å². The fraction of sp³-hybridized carbons (Fsp3) is 0.775. The van der Waals surface area contributed by atoms with E-state index in [1.54, 1.807) is 30.9 Å². The summed E-state index contributed by atoms with van der Waals surface area (Å²) < 4.78 is 11.8. The molecule has 2 saturated heterocycles. The van der Waals surface area contributed by atoms with E-state index in [4.69, 9.17) is 9.47 Å². The lowest BCUT2D eigenvalue weighted by atomic mass is 9.90. The lowest BCUT2D eigenvalue weighted by Gasteiger charge is -2.39. The maximum absolute atomic E-state index is 14.1. The molecular formula is C40H68N6O8. The summed E-state index contributed by atoms with van der Waals surface area (Å²) in [4.78, 5) is 72.0. The summed E-state index contributed by atoms with van der Waals surface area (Å²) in [6.45, 7) is 13.3. The highest BCUT2D eigenvalue weighted by Gasteiger charge is 2.42. The van der Waals surface area contributed by atoms with Gasteiger partial charge in [0, 0.05) is 60.5 Å². The first-order chi connectivity index (χ1) is 25.7. The number of ether oxygens (including phenoxy) is 2. The van der Waals surface area contributed by atoms with E-state index >= 15 is 0 Å². The Morgan fingerprint density at radius 1 is 1.00 bits per heavy atom. The number of nitrogens with one attached hydrogen (secondary N) is 3. The van der Waals surface area contributed by atoms with Crippen molar-refractivity contribution in [2.75, 3.05) is 67.1 Å². The van der Waals surface area contributed by atoms with Gasteiger partial charge in [-0.3, -0.25) is 28.9 Å². The van der Waals surface area contributed by atoms with Crippen molar-refractivity contribution < 1.29 is 38.6 Å². The quantitative estimate of drug-likeness (QED) is 0.136. The van der Waals surface area contributed by atoms with Crippen molar-refractivity contribution in [3.8, 4) is 0 Å². The predicted octanol–water partition coefficient (Wildman–Crippen LogP) is 2.44. The Morgan fingerprint density at radius 2 is 1.70 bits per heavy atom. The maximum Gasteiger partial charge on any atom is 0.308 e. The van der Waals surface area contributed by atoms with Crippen LogP contribution in [0.1, 0.15) is 79.6 Å². The zero-order valence-corrected chi connectivity index (χ0v) is 34.0. The molecule has 8 atom stereocenters. The number of methoxy groups -OCH3 is 2. The number of allylic oxidation sites excluding steroid dienone is 4. The second-order valence-electron chi connectivity index (χ2n) is 15.6. The first-order valence-electron chi connectivity index (χ1n) is 19.9. The molecule has 4 N–H and O–H groups in total. The summed E-state index contributed by atoms with van der Waals surface area (Å²) in [7, 11) is 4.78. The van der Waals surface area contributed by atoms with Crippen LogP contribution in [-0.4, -0.2) is 147 Å². The number of likely N-dealkylation sites (N-methyl/N-ethyl adjacent to an activating group) is 1. The van der Waals surface area contributed by atoms with Crippen molar-refractivity contribution in [2.24, 2.45) is 23.7 Å². The number of carboxylic acid groups (broad SMARTS) is 1. The number of carbonyl (C=O) groups excluding carboxylic acids is 4. The van der Waals surface area contributed by atoms with E-state index in [2.05, 4.69) is 20.9 Å². The first-order valence-corrected chi connectivity index (χ1v) is 19.9. The van der Waals surface area contributed by atoms with Crippen molar-refractivity contribution >= 4 is 29.6 Å². The highest BCUT2D eigenvalue weighted by molar-refractivity contribution is 5.88. The number of hydrogen-bond acceptors (Lipinski definition) is 9. The number of aliphatic carboxylic acids is 1. The van der Waals surface area contributed by atoms with E-state index in [1.807, 2.05) is 45.9 Å². The lowest BCUT2D eigenvalue weighted by Crippen LogP contribution is -2.57. The van der Waals surface area contributed by atoms with Gasteiger partial charge in [0.25, 0.3) is 0 Å². The second-order valence-corrected chi connectivity index (χ2v) is 15.6. The number of amides is 4. The number of piperazine rings is 1. The molecule has 306 valence electrons. The highest BCUT2D eigenvalue weighted by Crippen LogP contribution is 2.29. The van der Waals surface area contributed by atoms with Gasteiger partial charge in [-0.05, 0) is 43.9 Å².